The second-order valence-corrected chi connectivity index (χ2v) is 7.47. The molecule has 1 fully saturated rings. The standard InChI is InChI=1S/C16H24N2O4S/c1-2-17(12-13-19)16(20)15-10-6-7-11-18(15)23(21,22)14-8-4-3-5-9-14/h3-5,8-9,15,19H,2,6-7,10-13H2,1H3. The number of aliphatic hydroxyl groups excluding tert-OH is 1. The van der Waals surface area contributed by atoms with Gasteiger partial charge < -0.3 is 10.0 Å². The van der Waals surface area contributed by atoms with Crippen LogP contribution < -0.4 is 0 Å². The molecule has 1 N–H and O–H groups in total. The van der Waals surface area contributed by atoms with Gasteiger partial charge in [0.05, 0.1) is 11.5 Å². The molecule has 1 atom stereocenters. The minimum Gasteiger partial charge on any atom is -0.395 e. The highest BCUT2D eigenvalue weighted by molar-refractivity contribution is 7.89. The van der Waals surface area contributed by atoms with Gasteiger partial charge in [0.2, 0.25) is 15.9 Å². The largest absolute Gasteiger partial charge is 0.395 e. The van der Waals surface area contributed by atoms with Crippen molar-refractivity contribution < 1.29 is 18.3 Å². The van der Waals surface area contributed by atoms with E-state index in [2.05, 4.69) is 0 Å². The van der Waals surface area contributed by atoms with Crippen molar-refractivity contribution >= 4 is 15.9 Å². The average molecular weight is 340 g/mol. The maximum absolute atomic E-state index is 12.9. The van der Waals surface area contributed by atoms with Gasteiger partial charge in [0.1, 0.15) is 6.04 Å². The van der Waals surface area contributed by atoms with E-state index < -0.39 is 16.1 Å². The molecule has 128 valence electrons. The molecular formula is C16H24N2O4S. The Labute approximate surface area is 137 Å². The highest BCUT2D eigenvalue weighted by Gasteiger charge is 2.38. The Bertz CT molecular complexity index is 618. The molecule has 0 aromatic heterocycles. The molecule has 0 saturated carbocycles. The van der Waals surface area contributed by atoms with E-state index in [-0.39, 0.29) is 24.0 Å². The van der Waals surface area contributed by atoms with E-state index >= 15 is 0 Å². The predicted octanol–water partition coefficient (Wildman–Crippen LogP) is 1.07. The molecular weight excluding hydrogens is 316 g/mol. The van der Waals surface area contributed by atoms with E-state index in [9.17, 15) is 13.2 Å². The molecule has 0 bridgehead atoms. The predicted molar refractivity (Wildman–Crippen MR) is 87.3 cm³/mol. The summed E-state index contributed by atoms with van der Waals surface area (Å²) in [5.41, 5.74) is 0. The van der Waals surface area contributed by atoms with Gasteiger partial charge >= 0.3 is 0 Å². The summed E-state index contributed by atoms with van der Waals surface area (Å²) in [4.78, 5) is 14.4. The number of sulfonamides is 1. The number of nitrogens with zero attached hydrogens (tertiary/aromatic N) is 2. The monoisotopic (exact) mass is 340 g/mol. The quantitative estimate of drug-likeness (QED) is 0.840. The van der Waals surface area contributed by atoms with Crippen LogP contribution in [0.15, 0.2) is 35.2 Å². The molecule has 1 aliphatic rings. The van der Waals surface area contributed by atoms with E-state index in [1.54, 1.807) is 30.3 Å². The highest BCUT2D eigenvalue weighted by atomic mass is 32.2. The number of piperidine rings is 1. The van der Waals surface area contributed by atoms with Crippen molar-refractivity contribution in [3.8, 4) is 0 Å². The minimum atomic E-state index is -3.69. The summed E-state index contributed by atoms with van der Waals surface area (Å²) < 4.78 is 27.1. The molecule has 1 amide bonds. The van der Waals surface area contributed by atoms with Crippen LogP contribution in [-0.2, 0) is 14.8 Å². The zero-order chi connectivity index (χ0) is 16.9. The lowest BCUT2D eigenvalue weighted by Crippen LogP contribution is -2.53. The molecule has 6 nitrogen and oxygen atoms in total. The van der Waals surface area contributed by atoms with Crippen molar-refractivity contribution in [3.05, 3.63) is 30.3 Å². The van der Waals surface area contributed by atoms with Gasteiger partial charge in [-0.05, 0) is 31.9 Å². The Balaban J connectivity index is 2.30. The summed E-state index contributed by atoms with van der Waals surface area (Å²) in [7, 11) is -3.69. The van der Waals surface area contributed by atoms with Crippen LogP contribution in [-0.4, -0.2) is 60.9 Å². The topological polar surface area (TPSA) is 77.9 Å². The Morgan fingerprint density at radius 1 is 1.30 bits per heavy atom. The van der Waals surface area contributed by atoms with E-state index in [0.29, 0.717) is 19.5 Å². The summed E-state index contributed by atoms with van der Waals surface area (Å²) in [6.45, 7) is 2.73. The van der Waals surface area contributed by atoms with Crippen LogP contribution >= 0.6 is 0 Å². The summed E-state index contributed by atoms with van der Waals surface area (Å²) in [5.74, 6) is -0.222. The molecule has 1 aromatic rings. The summed E-state index contributed by atoms with van der Waals surface area (Å²) >= 11 is 0. The first kappa shape index (κ1) is 17.9. The fourth-order valence-electron chi connectivity index (χ4n) is 2.92. The van der Waals surface area contributed by atoms with E-state index in [0.717, 1.165) is 12.8 Å². The van der Waals surface area contributed by atoms with Crippen LogP contribution in [0.1, 0.15) is 26.2 Å². The van der Waals surface area contributed by atoms with E-state index in [1.165, 1.54) is 9.21 Å². The molecule has 1 heterocycles. The number of hydrogen-bond donors (Lipinski definition) is 1. The zero-order valence-electron chi connectivity index (χ0n) is 13.4. The van der Waals surface area contributed by atoms with Gasteiger partial charge in [-0.25, -0.2) is 8.42 Å². The summed E-state index contributed by atoms with van der Waals surface area (Å²) in [6, 6.07) is 7.54. The SMILES string of the molecule is CCN(CCO)C(=O)C1CCCCN1S(=O)(=O)c1ccccc1. The minimum absolute atomic E-state index is 0.127. The molecule has 23 heavy (non-hydrogen) atoms. The molecule has 1 unspecified atom stereocenters. The fraction of sp³-hybridized carbons (Fsp3) is 0.562. The van der Waals surface area contributed by atoms with Crippen molar-refractivity contribution in [2.45, 2.75) is 37.1 Å². The van der Waals surface area contributed by atoms with Gasteiger partial charge in [0, 0.05) is 19.6 Å². The summed E-state index contributed by atoms with van der Waals surface area (Å²) in [6.07, 6.45) is 2.10. The highest BCUT2D eigenvalue weighted by Crippen LogP contribution is 2.26. The molecule has 7 heteroatoms. The molecule has 1 saturated heterocycles. The fourth-order valence-corrected chi connectivity index (χ4v) is 4.59. The third-order valence-corrected chi connectivity index (χ3v) is 6.07. The number of amides is 1. The Kier molecular flexibility index (Phi) is 6.15. The molecule has 0 radical (unpaired) electrons. The number of benzene rings is 1. The van der Waals surface area contributed by atoms with Crippen LogP contribution in [0.4, 0.5) is 0 Å². The van der Waals surface area contributed by atoms with Gasteiger partial charge in [-0.15, -0.1) is 0 Å². The number of aliphatic hydroxyl groups is 1. The normalized spacial score (nSPS) is 19.5. The van der Waals surface area contributed by atoms with Gasteiger partial charge in [0.15, 0.2) is 0 Å². The lowest BCUT2D eigenvalue weighted by Gasteiger charge is -2.36. The molecule has 1 aliphatic heterocycles. The van der Waals surface area contributed by atoms with Crippen LogP contribution in [0.3, 0.4) is 0 Å². The van der Waals surface area contributed by atoms with Crippen LogP contribution in [0.5, 0.6) is 0 Å². The Morgan fingerprint density at radius 2 is 2.00 bits per heavy atom. The second-order valence-electron chi connectivity index (χ2n) is 5.58. The summed E-state index contributed by atoms with van der Waals surface area (Å²) in [5, 5.41) is 9.09. The zero-order valence-corrected chi connectivity index (χ0v) is 14.2. The number of carbonyl (C=O) groups is 1. The number of carbonyl (C=O) groups excluding carboxylic acids is 1. The van der Waals surface area contributed by atoms with Crippen molar-refractivity contribution in [3.63, 3.8) is 0 Å². The number of hydrogen-bond acceptors (Lipinski definition) is 4. The van der Waals surface area contributed by atoms with Crippen LogP contribution in [0.2, 0.25) is 0 Å². The average Bonchev–Trinajstić information content (AvgIpc) is 2.60. The van der Waals surface area contributed by atoms with Gasteiger partial charge in [0.25, 0.3) is 0 Å². The Hall–Kier alpha value is -1.44. The second kappa shape index (κ2) is 7.90. The molecule has 0 spiro atoms. The van der Waals surface area contributed by atoms with Crippen molar-refractivity contribution in [1.29, 1.82) is 0 Å². The lowest BCUT2D eigenvalue weighted by atomic mass is 10.0. The molecule has 2 rings (SSSR count). The molecule has 1 aromatic carbocycles. The first-order valence-corrected chi connectivity index (χ1v) is 9.43. The first-order chi connectivity index (χ1) is 11.0. The maximum atomic E-state index is 12.9. The Morgan fingerprint density at radius 3 is 2.61 bits per heavy atom. The van der Waals surface area contributed by atoms with E-state index in [4.69, 9.17) is 5.11 Å². The van der Waals surface area contributed by atoms with E-state index in [1.807, 2.05) is 6.92 Å². The third kappa shape index (κ3) is 3.91. The lowest BCUT2D eigenvalue weighted by molar-refractivity contribution is -0.136. The molecule has 0 aliphatic carbocycles. The van der Waals surface area contributed by atoms with Crippen molar-refractivity contribution in [2.24, 2.45) is 0 Å². The third-order valence-electron chi connectivity index (χ3n) is 4.15. The van der Waals surface area contributed by atoms with Crippen LogP contribution in [0.25, 0.3) is 0 Å². The van der Waals surface area contributed by atoms with Gasteiger partial charge in [-0.3, -0.25) is 4.79 Å². The van der Waals surface area contributed by atoms with Crippen LogP contribution in [0, 0.1) is 0 Å². The maximum Gasteiger partial charge on any atom is 0.243 e. The van der Waals surface area contributed by atoms with Gasteiger partial charge in [-0.1, -0.05) is 24.6 Å². The van der Waals surface area contributed by atoms with Gasteiger partial charge in [-0.2, -0.15) is 4.31 Å². The van der Waals surface area contributed by atoms with Crippen molar-refractivity contribution in [2.75, 3.05) is 26.2 Å². The first-order valence-electron chi connectivity index (χ1n) is 7.99. The van der Waals surface area contributed by atoms with Crippen molar-refractivity contribution in [1.82, 2.24) is 9.21 Å². The number of likely N-dealkylation sites (N-methyl/N-ethyl adjacent to an activating group) is 1. The smallest absolute Gasteiger partial charge is 0.243 e. The number of rotatable bonds is 6.